The highest BCUT2D eigenvalue weighted by Crippen LogP contribution is 2.51. The molecule has 4 aromatic heterocycles. The number of fused-ring (bicyclic) bond motifs is 1. The molecule has 4 aromatic rings. The van der Waals surface area contributed by atoms with Gasteiger partial charge in [0.15, 0.2) is 0 Å². The molecule has 0 saturated carbocycles. The molecule has 0 bridgehead atoms. The number of thiazole rings is 2. The summed E-state index contributed by atoms with van der Waals surface area (Å²) in [7, 11) is 0. The molecule has 6 rings (SSSR count). The molecule has 80 heavy (non-hydrogen) atoms. The van der Waals surface area contributed by atoms with Crippen LogP contribution in [-0.4, -0.2) is 44.7 Å². The van der Waals surface area contributed by atoms with Crippen LogP contribution in [0.4, 0.5) is 0 Å². The van der Waals surface area contributed by atoms with Crippen LogP contribution in [0.25, 0.3) is 31.2 Å². The molecule has 6 nitrogen and oxygen atoms in total. The number of nitrogens with zero attached hydrogens (tertiary/aromatic N) is 4. The van der Waals surface area contributed by atoms with Crippen molar-refractivity contribution in [3.8, 4) is 19.8 Å². The molecular weight excluding hydrogens is 1190 g/mol. The largest absolute Gasteiger partial charge is 0.306 e. The van der Waals surface area contributed by atoms with Crippen molar-refractivity contribution in [1.29, 1.82) is 0 Å². The van der Waals surface area contributed by atoms with Crippen LogP contribution in [0.3, 0.4) is 0 Å². The second-order valence-corrected chi connectivity index (χ2v) is 30.7. The Bertz CT molecular complexity index is 2250. The molecule has 0 aromatic carbocycles. The van der Waals surface area contributed by atoms with E-state index >= 15 is 9.59 Å². The quantitative estimate of drug-likeness (QED) is 0.0413. The highest BCUT2D eigenvalue weighted by molar-refractivity contribution is 9.11. The summed E-state index contributed by atoms with van der Waals surface area (Å²) < 4.78 is 2.13. The van der Waals surface area contributed by atoms with Gasteiger partial charge < -0.3 is 9.80 Å². The Morgan fingerprint density at radius 3 is 0.875 bits per heavy atom. The predicted octanol–water partition coefficient (Wildman–Crippen LogP) is 24.3. The van der Waals surface area contributed by atoms with Crippen LogP contribution >= 0.6 is 77.2 Å². The van der Waals surface area contributed by atoms with E-state index in [2.05, 4.69) is 93.6 Å². The van der Waals surface area contributed by atoms with Crippen LogP contribution in [0.15, 0.2) is 55.4 Å². The van der Waals surface area contributed by atoms with Crippen molar-refractivity contribution in [2.75, 3.05) is 13.1 Å². The fraction of sp³-hybridized carbons (Fsp3) is 0.706. The summed E-state index contributed by atoms with van der Waals surface area (Å²) in [5, 5.41) is 1.85. The van der Waals surface area contributed by atoms with Crippen molar-refractivity contribution < 1.29 is 9.59 Å². The zero-order valence-electron chi connectivity index (χ0n) is 50.3. The average Bonchev–Trinajstić information content (AvgIpc) is 4.38. The molecule has 446 valence electrons. The highest BCUT2D eigenvalue weighted by Gasteiger charge is 2.50. The van der Waals surface area contributed by atoms with E-state index in [1.807, 2.05) is 12.4 Å². The third-order valence-corrected chi connectivity index (χ3v) is 22.6. The maximum atomic E-state index is 16.0. The highest BCUT2D eigenvalue weighted by atomic mass is 79.9. The molecule has 2 atom stereocenters. The van der Waals surface area contributed by atoms with Crippen molar-refractivity contribution in [3.63, 3.8) is 0 Å². The van der Waals surface area contributed by atoms with Crippen LogP contribution in [0, 0.1) is 11.8 Å². The number of carbonyl (C=O) groups excluding carboxylic acids is 2. The molecule has 0 spiro atoms. The van der Waals surface area contributed by atoms with Gasteiger partial charge in [0.2, 0.25) is 0 Å². The molecule has 6 heterocycles. The molecule has 0 fully saturated rings. The number of hydrogen-bond donors (Lipinski definition) is 0. The third-order valence-electron chi connectivity index (χ3n) is 17.0. The number of amides is 2. The maximum absolute atomic E-state index is 16.0. The molecule has 0 N–H and O–H groups in total. The first-order chi connectivity index (χ1) is 39.3. The zero-order chi connectivity index (χ0) is 56.6. The molecule has 2 unspecified atom stereocenters. The zero-order valence-corrected chi connectivity index (χ0v) is 56.7. The van der Waals surface area contributed by atoms with Crippen molar-refractivity contribution in [3.05, 3.63) is 65.1 Å². The maximum Gasteiger partial charge on any atom is 0.261 e. The van der Waals surface area contributed by atoms with E-state index in [0.29, 0.717) is 36.1 Å². The number of rotatable bonds is 48. The number of hydrogen-bond acceptors (Lipinski definition) is 8. The average molecular weight is 1300 g/mol. The summed E-state index contributed by atoms with van der Waals surface area (Å²) in [4.78, 5) is 50.2. The van der Waals surface area contributed by atoms with Crippen LogP contribution in [0.2, 0.25) is 0 Å². The molecule has 2 aliphatic rings. The minimum atomic E-state index is -0.0122. The van der Waals surface area contributed by atoms with Crippen LogP contribution < -0.4 is 0 Å². The number of halogens is 2. The number of thiophene rings is 2. The fourth-order valence-corrected chi connectivity index (χ4v) is 17.1. The van der Waals surface area contributed by atoms with Gasteiger partial charge in [-0.2, -0.15) is 0 Å². The summed E-state index contributed by atoms with van der Waals surface area (Å²) >= 11 is 14.0. The van der Waals surface area contributed by atoms with E-state index < -0.39 is 0 Å². The minimum absolute atomic E-state index is 0.0122. The van der Waals surface area contributed by atoms with Gasteiger partial charge in [-0.05, 0) is 93.6 Å². The molecule has 0 aliphatic carbocycles. The van der Waals surface area contributed by atoms with E-state index in [0.717, 1.165) is 74.2 Å². The van der Waals surface area contributed by atoms with Crippen LogP contribution in [0.1, 0.15) is 294 Å². The normalized spacial score (nSPS) is 14.5. The molecule has 2 aliphatic heterocycles. The molecular formula is C68H104Br2N4O2S4. The summed E-state index contributed by atoms with van der Waals surface area (Å²) in [6, 6.07) is 8.42. The summed E-state index contributed by atoms with van der Waals surface area (Å²) in [6.45, 7) is 10.4. The van der Waals surface area contributed by atoms with Crippen LogP contribution in [-0.2, 0) is 9.59 Å². The Balaban J connectivity index is 1.32. The predicted molar refractivity (Wildman–Crippen MR) is 358 cm³/mol. The lowest BCUT2D eigenvalue weighted by atomic mass is 9.93. The first-order valence-corrected chi connectivity index (χ1v) is 37.7. The van der Waals surface area contributed by atoms with Gasteiger partial charge >= 0.3 is 0 Å². The van der Waals surface area contributed by atoms with Gasteiger partial charge in [-0.15, -0.1) is 45.3 Å². The van der Waals surface area contributed by atoms with Gasteiger partial charge in [-0.25, -0.2) is 9.97 Å². The van der Waals surface area contributed by atoms with Gasteiger partial charge in [0.1, 0.15) is 10.0 Å². The minimum Gasteiger partial charge on any atom is -0.306 e. The second-order valence-electron chi connectivity index (χ2n) is 23.7. The monoisotopic (exact) mass is 1290 g/mol. The van der Waals surface area contributed by atoms with E-state index in [4.69, 9.17) is 9.97 Å². The number of carbonyl (C=O) groups is 2. The van der Waals surface area contributed by atoms with Gasteiger partial charge in [0.05, 0.1) is 49.6 Å². The Kier molecular flexibility index (Phi) is 33.3. The molecule has 0 saturated heterocycles. The van der Waals surface area contributed by atoms with Gasteiger partial charge in [-0.1, -0.05) is 259 Å². The lowest BCUT2D eigenvalue weighted by Gasteiger charge is -2.29. The van der Waals surface area contributed by atoms with E-state index in [-0.39, 0.29) is 11.8 Å². The van der Waals surface area contributed by atoms with Gasteiger partial charge in [0.25, 0.3) is 11.8 Å². The first-order valence-electron chi connectivity index (χ1n) is 32.8. The Morgan fingerprint density at radius 2 is 0.625 bits per heavy atom. The topological polar surface area (TPSA) is 66.4 Å². The summed E-state index contributed by atoms with van der Waals surface area (Å²) in [6.07, 6.45) is 55.3. The number of unbranched alkanes of at least 4 members (excludes halogenated alkanes) is 32. The van der Waals surface area contributed by atoms with Crippen molar-refractivity contribution in [1.82, 2.24) is 19.8 Å². The molecule has 0 radical (unpaired) electrons. The number of aromatic nitrogens is 2. The summed E-state index contributed by atoms with van der Waals surface area (Å²) in [5.41, 5.74) is 2.77. The second kappa shape index (κ2) is 39.6. The van der Waals surface area contributed by atoms with Crippen LogP contribution in [0.5, 0.6) is 0 Å². The van der Waals surface area contributed by atoms with Gasteiger partial charge in [0, 0.05) is 25.5 Å². The van der Waals surface area contributed by atoms with E-state index in [1.165, 1.54) is 231 Å². The van der Waals surface area contributed by atoms with E-state index in [9.17, 15) is 0 Å². The fourth-order valence-electron chi connectivity index (χ4n) is 12.3. The lowest BCUT2D eigenvalue weighted by Crippen LogP contribution is -2.34. The molecule has 12 heteroatoms. The Labute approximate surface area is 519 Å². The van der Waals surface area contributed by atoms with Crippen molar-refractivity contribution in [2.24, 2.45) is 11.8 Å². The van der Waals surface area contributed by atoms with Crippen molar-refractivity contribution in [2.45, 2.75) is 285 Å². The van der Waals surface area contributed by atoms with Crippen molar-refractivity contribution >= 4 is 100 Å². The SMILES string of the molecule is CCCCCCCCCCCCC(CCCCCCCCCC)CN1C(=O)C2=C(c3cnc(-c4ccc(Br)s4)s3)N(CC(CCCCCCCCCC)CCCCCCCCCCCC)C(=O)C2=C1c1cnc(-c2ccc(Br)s2)s1. The Hall–Kier alpha value is -1.96. The third kappa shape index (κ3) is 22.5. The molecule has 2 amide bonds. The Morgan fingerprint density at radius 1 is 0.362 bits per heavy atom. The summed E-state index contributed by atoms with van der Waals surface area (Å²) in [5.74, 6) is 0.675. The standard InChI is InChI=1S/C68H104Br2N4O2S4/c1-5-9-13-17-21-25-27-31-35-39-43-53(41-37-33-29-23-19-15-11-7-3)51-73-63(57-49-71-65(79-57)55-45-47-59(69)77-55)61-62(67(73)75)64(58-50-72-66(80-58)56-46-48-60(70)78-56)74(68(61)76)52-54(42-38-34-30-24-20-16-12-8-4)44-40-36-32-28-26-22-18-14-10-6-2/h45-50,53-54H,5-44,51-52H2,1-4H3. The van der Waals surface area contributed by atoms with E-state index in [1.54, 1.807) is 45.3 Å². The smallest absolute Gasteiger partial charge is 0.261 e. The van der Waals surface area contributed by atoms with Gasteiger partial charge in [-0.3, -0.25) is 9.59 Å². The first kappa shape index (κ1) is 67.2. The lowest BCUT2D eigenvalue weighted by molar-refractivity contribution is -0.124.